The molecule has 0 aromatic rings. The molecule has 0 fully saturated rings. The van der Waals surface area contributed by atoms with Crippen LogP contribution in [-0.4, -0.2) is 56.0 Å². The van der Waals surface area contributed by atoms with E-state index in [1.54, 1.807) is 0 Å². The highest BCUT2D eigenvalue weighted by Crippen LogP contribution is 2.14. The number of nitrogens with two attached hydrogens (primary N) is 1. The van der Waals surface area contributed by atoms with Crippen molar-refractivity contribution in [1.29, 1.82) is 0 Å². The topological polar surface area (TPSA) is 87.5 Å². The number of nitrogens with one attached hydrogen (secondary N) is 2. The number of rotatable bonds is 36. The highest BCUT2D eigenvalue weighted by molar-refractivity contribution is 5.77. The van der Waals surface area contributed by atoms with Gasteiger partial charge in [-0.05, 0) is 12.8 Å². The molecule has 0 saturated heterocycles. The van der Waals surface area contributed by atoms with Crippen LogP contribution in [0.5, 0.6) is 0 Å². The summed E-state index contributed by atoms with van der Waals surface area (Å²) >= 11 is 0. The highest BCUT2D eigenvalue weighted by Gasteiger charge is 2.13. The zero-order valence-electron chi connectivity index (χ0n) is 29.9. The minimum absolute atomic E-state index is 0.123. The van der Waals surface area contributed by atoms with Gasteiger partial charge in [-0.1, -0.05) is 168 Å². The molecule has 0 aromatic heterocycles. The second-order valence-corrected chi connectivity index (χ2v) is 13.3. The SMILES string of the molecule is CCCCCCCCCCCCCCCC(=O)NCCN(CCNCCN)C(=O)CCCCCCCCCCCCCCC. The number of hydrogen-bond acceptors (Lipinski definition) is 4. The zero-order valence-corrected chi connectivity index (χ0v) is 29.9. The van der Waals surface area contributed by atoms with Crippen LogP contribution in [0.1, 0.15) is 194 Å². The van der Waals surface area contributed by atoms with Gasteiger partial charge in [0, 0.05) is 52.1 Å². The quantitative estimate of drug-likeness (QED) is 0.0608. The Bertz CT molecular complexity index is 601. The van der Waals surface area contributed by atoms with Crippen molar-refractivity contribution in [1.82, 2.24) is 15.5 Å². The smallest absolute Gasteiger partial charge is 0.222 e. The average Bonchev–Trinajstić information content (AvgIpc) is 3.02. The van der Waals surface area contributed by atoms with Crippen LogP contribution in [-0.2, 0) is 9.59 Å². The van der Waals surface area contributed by atoms with Gasteiger partial charge in [-0.15, -0.1) is 0 Å². The lowest BCUT2D eigenvalue weighted by atomic mass is 10.0. The fourth-order valence-electron chi connectivity index (χ4n) is 5.98. The predicted octanol–water partition coefficient (Wildman–Crippen LogP) is 9.44. The van der Waals surface area contributed by atoms with Crippen LogP contribution in [0.25, 0.3) is 0 Å². The molecule has 262 valence electrons. The van der Waals surface area contributed by atoms with Crippen LogP contribution in [0.4, 0.5) is 0 Å². The minimum Gasteiger partial charge on any atom is -0.354 e. The van der Waals surface area contributed by atoms with Gasteiger partial charge in [-0.3, -0.25) is 9.59 Å². The molecule has 0 aromatic carbocycles. The summed E-state index contributed by atoms with van der Waals surface area (Å²) in [5, 5.41) is 6.36. The molecular weight excluding hydrogens is 544 g/mol. The molecule has 0 aliphatic carbocycles. The van der Waals surface area contributed by atoms with Gasteiger partial charge < -0.3 is 21.3 Å². The molecule has 0 radical (unpaired) electrons. The van der Waals surface area contributed by atoms with E-state index in [9.17, 15) is 9.59 Å². The van der Waals surface area contributed by atoms with Crippen LogP contribution >= 0.6 is 0 Å². The van der Waals surface area contributed by atoms with E-state index < -0.39 is 0 Å². The van der Waals surface area contributed by atoms with Crippen LogP contribution in [0.3, 0.4) is 0 Å². The molecule has 0 atom stereocenters. The second kappa shape index (κ2) is 36.3. The summed E-state index contributed by atoms with van der Waals surface area (Å²) in [4.78, 5) is 27.2. The fraction of sp³-hybridized carbons (Fsp3) is 0.947. The summed E-state index contributed by atoms with van der Waals surface area (Å²) in [6.07, 6.45) is 35.3. The molecule has 0 spiro atoms. The van der Waals surface area contributed by atoms with Crippen molar-refractivity contribution in [3.05, 3.63) is 0 Å². The predicted molar refractivity (Wildman–Crippen MR) is 192 cm³/mol. The first kappa shape index (κ1) is 42.9. The molecule has 4 N–H and O–H groups in total. The number of amides is 2. The molecule has 0 saturated carbocycles. The average molecular weight is 623 g/mol. The molecule has 0 heterocycles. The standard InChI is InChI=1S/C38H78N4O2/c1-3-5-7-9-11-13-15-17-19-21-23-25-27-29-37(43)41-34-36-42(35-33-40-32-31-39)38(44)30-28-26-24-22-20-18-16-14-12-10-8-6-4-2/h40H,3-36,39H2,1-2H3,(H,41,43). The zero-order chi connectivity index (χ0) is 32.2. The first-order valence-electron chi connectivity index (χ1n) is 19.6. The lowest BCUT2D eigenvalue weighted by molar-refractivity contribution is -0.131. The van der Waals surface area contributed by atoms with E-state index in [0.717, 1.165) is 38.8 Å². The van der Waals surface area contributed by atoms with E-state index in [2.05, 4.69) is 24.5 Å². The highest BCUT2D eigenvalue weighted by atomic mass is 16.2. The van der Waals surface area contributed by atoms with Crippen LogP contribution in [0, 0.1) is 0 Å². The van der Waals surface area contributed by atoms with E-state index in [0.29, 0.717) is 39.0 Å². The summed E-state index contributed by atoms with van der Waals surface area (Å²) in [5.74, 6) is 0.339. The number of carbonyl (C=O) groups excluding carboxylic acids is 2. The van der Waals surface area contributed by atoms with Crippen molar-refractivity contribution in [3.8, 4) is 0 Å². The van der Waals surface area contributed by atoms with Crippen LogP contribution in [0.15, 0.2) is 0 Å². The monoisotopic (exact) mass is 623 g/mol. The van der Waals surface area contributed by atoms with Crippen molar-refractivity contribution < 1.29 is 9.59 Å². The molecule has 0 aliphatic heterocycles. The maximum absolute atomic E-state index is 13.0. The Morgan fingerprint density at radius 2 is 0.841 bits per heavy atom. The van der Waals surface area contributed by atoms with Gasteiger partial charge in [0.1, 0.15) is 0 Å². The maximum atomic E-state index is 13.0. The van der Waals surface area contributed by atoms with E-state index >= 15 is 0 Å². The Labute approximate surface area is 275 Å². The van der Waals surface area contributed by atoms with E-state index in [1.165, 1.54) is 141 Å². The Hall–Kier alpha value is -1.14. The molecule has 6 heteroatoms. The van der Waals surface area contributed by atoms with Gasteiger partial charge >= 0.3 is 0 Å². The maximum Gasteiger partial charge on any atom is 0.222 e. The Morgan fingerprint density at radius 1 is 0.477 bits per heavy atom. The van der Waals surface area contributed by atoms with Crippen molar-refractivity contribution in [3.63, 3.8) is 0 Å². The molecule has 0 rings (SSSR count). The Kier molecular flexibility index (Phi) is 35.4. The molecule has 2 amide bonds. The lowest BCUT2D eigenvalue weighted by Crippen LogP contribution is -2.42. The van der Waals surface area contributed by atoms with Crippen molar-refractivity contribution >= 4 is 11.8 Å². The number of hydrogen-bond donors (Lipinski definition) is 3. The first-order chi connectivity index (χ1) is 21.7. The minimum atomic E-state index is 0.123. The third-order valence-corrected chi connectivity index (χ3v) is 8.94. The van der Waals surface area contributed by atoms with E-state index in [1.807, 2.05) is 4.90 Å². The number of unbranched alkanes of at least 4 members (excludes halogenated alkanes) is 24. The summed E-state index contributed by atoms with van der Waals surface area (Å²) in [5.41, 5.74) is 5.60. The summed E-state index contributed by atoms with van der Waals surface area (Å²) in [7, 11) is 0. The first-order valence-corrected chi connectivity index (χ1v) is 19.6. The van der Waals surface area contributed by atoms with Crippen LogP contribution in [0.2, 0.25) is 0 Å². The van der Waals surface area contributed by atoms with Gasteiger partial charge in [0.25, 0.3) is 0 Å². The van der Waals surface area contributed by atoms with Gasteiger partial charge in [0.15, 0.2) is 0 Å². The lowest BCUT2D eigenvalue weighted by Gasteiger charge is -2.23. The molecule has 0 bridgehead atoms. The molecule has 44 heavy (non-hydrogen) atoms. The van der Waals surface area contributed by atoms with Gasteiger partial charge in [-0.25, -0.2) is 0 Å². The van der Waals surface area contributed by atoms with Gasteiger partial charge in [0.2, 0.25) is 11.8 Å². The second-order valence-electron chi connectivity index (χ2n) is 13.3. The molecule has 6 nitrogen and oxygen atoms in total. The molecular formula is C38H78N4O2. The largest absolute Gasteiger partial charge is 0.354 e. The summed E-state index contributed by atoms with van der Waals surface area (Å²) < 4.78 is 0. The van der Waals surface area contributed by atoms with Gasteiger partial charge in [-0.2, -0.15) is 0 Å². The van der Waals surface area contributed by atoms with Crippen molar-refractivity contribution in [2.24, 2.45) is 5.73 Å². The van der Waals surface area contributed by atoms with Gasteiger partial charge in [0.05, 0.1) is 0 Å². The normalized spacial score (nSPS) is 11.2. The third kappa shape index (κ3) is 32.3. The number of carbonyl (C=O) groups is 2. The Balaban J connectivity index is 3.88. The summed E-state index contributed by atoms with van der Waals surface area (Å²) in [6.45, 7) is 8.46. The number of nitrogens with zero attached hydrogens (tertiary/aromatic N) is 1. The Morgan fingerprint density at radius 3 is 1.25 bits per heavy atom. The molecule has 0 aliphatic rings. The van der Waals surface area contributed by atoms with Crippen LogP contribution < -0.4 is 16.4 Å². The van der Waals surface area contributed by atoms with Crippen molar-refractivity contribution in [2.75, 3.05) is 39.3 Å². The summed E-state index contributed by atoms with van der Waals surface area (Å²) in [6, 6.07) is 0. The molecule has 0 unspecified atom stereocenters. The third-order valence-electron chi connectivity index (χ3n) is 8.94. The van der Waals surface area contributed by atoms with Crippen molar-refractivity contribution in [2.45, 2.75) is 194 Å². The van der Waals surface area contributed by atoms with E-state index in [4.69, 9.17) is 5.73 Å². The van der Waals surface area contributed by atoms with E-state index in [-0.39, 0.29) is 11.8 Å². The fourth-order valence-corrected chi connectivity index (χ4v) is 5.98.